The Labute approximate surface area is 99.2 Å². The molecule has 1 spiro atoms. The van der Waals surface area contributed by atoms with Crippen molar-refractivity contribution in [3.05, 3.63) is 12.2 Å². The molecule has 2 fully saturated rings. The monoisotopic (exact) mass is 240 g/mol. The normalized spacial score (nSPS) is 24.5. The van der Waals surface area contributed by atoms with E-state index in [0.717, 1.165) is 25.7 Å². The van der Waals surface area contributed by atoms with Crippen molar-refractivity contribution in [2.24, 2.45) is 0 Å². The molecule has 3 rings (SSSR count). The van der Waals surface area contributed by atoms with Crippen LogP contribution in [0.1, 0.15) is 31.5 Å². The number of nitrogens with zero attached hydrogens (tertiary/aromatic N) is 2. The maximum absolute atomic E-state index is 5.73. The van der Waals surface area contributed by atoms with Gasteiger partial charge in [0.2, 0.25) is 6.39 Å². The molecule has 0 amide bonds. The second-order valence-corrected chi connectivity index (χ2v) is 4.47. The maximum atomic E-state index is 5.73. The van der Waals surface area contributed by atoms with Crippen LogP contribution < -0.4 is 0 Å². The minimum absolute atomic E-state index is 0.243. The van der Waals surface area contributed by atoms with Crippen molar-refractivity contribution < 1.29 is 18.7 Å². The van der Waals surface area contributed by atoms with E-state index >= 15 is 0 Å². The van der Waals surface area contributed by atoms with Crippen LogP contribution in [0.2, 0.25) is 0 Å². The van der Waals surface area contributed by atoms with Crippen molar-refractivity contribution >= 4 is 0 Å². The van der Waals surface area contributed by atoms with E-state index in [-0.39, 0.29) is 11.9 Å². The number of rotatable bonds is 3. The third kappa shape index (κ3) is 2.48. The van der Waals surface area contributed by atoms with E-state index in [1.54, 1.807) is 0 Å². The number of aromatic nitrogens is 2. The second kappa shape index (κ2) is 4.72. The van der Waals surface area contributed by atoms with Crippen LogP contribution in [0.25, 0.3) is 0 Å². The molecule has 1 aliphatic carbocycles. The van der Waals surface area contributed by atoms with Crippen molar-refractivity contribution in [2.75, 3.05) is 13.2 Å². The van der Waals surface area contributed by atoms with E-state index in [0.29, 0.717) is 25.6 Å². The topological polar surface area (TPSA) is 66.6 Å². The molecule has 0 unspecified atom stereocenters. The molecule has 2 heterocycles. The minimum atomic E-state index is -0.313. The van der Waals surface area contributed by atoms with Crippen LogP contribution in [-0.2, 0) is 20.8 Å². The Morgan fingerprint density at radius 3 is 2.71 bits per heavy atom. The molecule has 1 aromatic rings. The highest BCUT2D eigenvalue weighted by molar-refractivity contribution is 4.83. The highest BCUT2D eigenvalue weighted by atomic mass is 16.7. The first kappa shape index (κ1) is 11.1. The van der Waals surface area contributed by atoms with Gasteiger partial charge in [0, 0.05) is 12.8 Å². The number of hydrogen-bond donors (Lipinski definition) is 0. The lowest BCUT2D eigenvalue weighted by atomic mass is 9.92. The Kier molecular flexibility index (Phi) is 3.09. The fraction of sp³-hybridized carbons (Fsp3) is 0.818. The molecule has 94 valence electrons. The summed E-state index contributed by atoms with van der Waals surface area (Å²) in [6.45, 7) is 1.85. The smallest absolute Gasteiger partial charge is 0.213 e. The number of hydrogen-bond acceptors (Lipinski definition) is 6. The van der Waals surface area contributed by atoms with Crippen molar-refractivity contribution in [1.29, 1.82) is 0 Å². The van der Waals surface area contributed by atoms with Gasteiger partial charge in [0.1, 0.15) is 6.61 Å². The molecule has 1 saturated heterocycles. The maximum Gasteiger partial charge on any atom is 0.213 e. The Morgan fingerprint density at radius 1 is 1.29 bits per heavy atom. The summed E-state index contributed by atoms with van der Waals surface area (Å²) in [5, 5.41) is 3.71. The van der Waals surface area contributed by atoms with Gasteiger partial charge in [-0.25, -0.2) is 0 Å². The van der Waals surface area contributed by atoms with Gasteiger partial charge >= 0.3 is 0 Å². The molecular formula is C11H16N2O4. The summed E-state index contributed by atoms with van der Waals surface area (Å²) in [7, 11) is 0. The molecule has 1 aliphatic heterocycles. The van der Waals surface area contributed by atoms with Gasteiger partial charge in [0.25, 0.3) is 0 Å². The molecule has 0 N–H and O–H groups in total. The van der Waals surface area contributed by atoms with Gasteiger partial charge in [-0.15, -0.1) is 0 Å². The fourth-order valence-corrected chi connectivity index (χ4v) is 2.43. The van der Waals surface area contributed by atoms with Gasteiger partial charge in [-0.05, 0) is 12.8 Å². The predicted molar refractivity (Wildman–Crippen MR) is 56.0 cm³/mol. The van der Waals surface area contributed by atoms with Crippen molar-refractivity contribution in [2.45, 2.75) is 44.2 Å². The summed E-state index contributed by atoms with van der Waals surface area (Å²) >= 11 is 0. The standard InChI is InChI=1S/C11H16N2O4/c1-3-11(15-5-6-16-11)4-2-9(1)14-7-10-12-8-17-13-10/h8-9H,1-7H2. The molecule has 0 bridgehead atoms. The molecule has 1 saturated carbocycles. The first-order valence-electron chi connectivity index (χ1n) is 6.01. The predicted octanol–water partition coefficient (Wildman–Crippen LogP) is 1.27. The first-order valence-corrected chi connectivity index (χ1v) is 6.01. The Balaban J connectivity index is 1.45. The number of ether oxygens (including phenoxy) is 3. The average molecular weight is 240 g/mol. The molecule has 1 aromatic heterocycles. The van der Waals surface area contributed by atoms with Crippen LogP contribution in [0.3, 0.4) is 0 Å². The highest BCUT2D eigenvalue weighted by Crippen LogP contribution is 2.36. The first-order chi connectivity index (χ1) is 8.36. The zero-order chi connectivity index (χ0) is 11.6. The fourth-order valence-electron chi connectivity index (χ4n) is 2.43. The van der Waals surface area contributed by atoms with E-state index < -0.39 is 0 Å². The molecule has 0 atom stereocenters. The molecule has 0 aromatic carbocycles. The Morgan fingerprint density at radius 2 is 2.06 bits per heavy atom. The summed E-state index contributed by atoms with van der Waals surface area (Å²) in [4.78, 5) is 3.92. The average Bonchev–Trinajstić information content (AvgIpc) is 3.01. The van der Waals surface area contributed by atoms with Crippen LogP contribution in [0, 0.1) is 0 Å². The largest absolute Gasteiger partial charge is 0.370 e. The van der Waals surface area contributed by atoms with Crippen molar-refractivity contribution in [1.82, 2.24) is 10.1 Å². The van der Waals surface area contributed by atoms with Gasteiger partial charge in [0.15, 0.2) is 11.6 Å². The summed E-state index contributed by atoms with van der Waals surface area (Å²) in [5.74, 6) is 0.282. The van der Waals surface area contributed by atoms with Gasteiger partial charge in [-0.3, -0.25) is 0 Å². The molecule has 6 heteroatoms. The van der Waals surface area contributed by atoms with E-state index in [1.807, 2.05) is 0 Å². The third-order valence-electron chi connectivity index (χ3n) is 3.36. The van der Waals surface area contributed by atoms with E-state index in [9.17, 15) is 0 Å². The molecule has 2 aliphatic rings. The molecule has 0 radical (unpaired) electrons. The van der Waals surface area contributed by atoms with Crippen molar-refractivity contribution in [3.8, 4) is 0 Å². The summed E-state index contributed by atoms with van der Waals surface area (Å²) in [6, 6.07) is 0. The van der Waals surface area contributed by atoms with Crippen molar-refractivity contribution in [3.63, 3.8) is 0 Å². The van der Waals surface area contributed by atoms with Crippen LogP contribution >= 0.6 is 0 Å². The van der Waals surface area contributed by atoms with E-state index in [1.165, 1.54) is 6.39 Å². The van der Waals surface area contributed by atoms with Crippen LogP contribution in [0.15, 0.2) is 10.9 Å². The Hall–Kier alpha value is -0.980. The van der Waals surface area contributed by atoms with Crippen LogP contribution in [0.4, 0.5) is 0 Å². The third-order valence-corrected chi connectivity index (χ3v) is 3.36. The van der Waals surface area contributed by atoms with Crippen LogP contribution in [0.5, 0.6) is 0 Å². The van der Waals surface area contributed by atoms with E-state index in [2.05, 4.69) is 14.7 Å². The lowest BCUT2D eigenvalue weighted by Gasteiger charge is -2.35. The van der Waals surface area contributed by atoms with Crippen LogP contribution in [-0.4, -0.2) is 35.2 Å². The summed E-state index contributed by atoms with van der Waals surface area (Å²) in [5.41, 5.74) is 0. The molecule has 17 heavy (non-hydrogen) atoms. The molecular weight excluding hydrogens is 224 g/mol. The van der Waals surface area contributed by atoms with Gasteiger partial charge in [-0.2, -0.15) is 4.98 Å². The van der Waals surface area contributed by atoms with Gasteiger partial charge in [0.05, 0.1) is 19.3 Å². The zero-order valence-electron chi connectivity index (χ0n) is 9.63. The second-order valence-electron chi connectivity index (χ2n) is 4.47. The highest BCUT2D eigenvalue weighted by Gasteiger charge is 2.40. The SMILES string of the molecule is c1nc(COC2CCC3(CC2)OCCO3)no1. The van der Waals surface area contributed by atoms with Gasteiger partial charge in [-0.1, -0.05) is 5.16 Å². The zero-order valence-corrected chi connectivity index (χ0v) is 9.63. The lowest BCUT2D eigenvalue weighted by Crippen LogP contribution is -2.37. The molecule has 6 nitrogen and oxygen atoms in total. The minimum Gasteiger partial charge on any atom is -0.370 e. The van der Waals surface area contributed by atoms with Gasteiger partial charge < -0.3 is 18.7 Å². The lowest BCUT2D eigenvalue weighted by molar-refractivity contribution is -0.192. The van der Waals surface area contributed by atoms with E-state index in [4.69, 9.17) is 14.2 Å². The quantitative estimate of drug-likeness (QED) is 0.792. The summed E-state index contributed by atoms with van der Waals surface area (Å²) < 4.78 is 21.7. The summed E-state index contributed by atoms with van der Waals surface area (Å²) in [6.07, 6.45) is 5.28. The Bertz CT molecular complexity index is 338.